The van der Waals surface area contributed by atoms with Gasteiger partial charge in [-0.25, -0.2) is 13.2 Å². The van der Waals surface area contributed by atoms with Gasteiger partial charge in [0.1, 0.15) is 5.75 Å². The van der Waals surface area contributed by atoms with Gasteiger partial charge in [0, 0.05) is 6.54 Å². The van der Waals surface area contributed by atoms with Crippen LogP contribution in [0.25, 0.3) is 0 Å². The molecule has 0 aliphatic carbocycles. The molecule has 0 saturated carbocycles. The summed E-state index contributed by atoms with van der Waals surface area (Å²) >= 11 is 0. The van der Waals surface area contributed by atoms with Crippen LogP contribution in [-0.4, -0.2) is 37.7 Å². The fourth-order valence-corrected chi connectivity index (χ4v) is 3.01. The van der Waals surface area contributed by atoms with Gasteiger partial charge in [0.25, 0.3) is 0 Å². The molecule has 0 radical (unpaired) electrons. The van der Waals surface area contributed by atoms with Crippen LogP contribution < -0.4 is 5.32 Å². The molecule has 0 bridgehead atoms. The number of aromatic carboxylic acids is 1. The number of rotatable bonds is 8. The van der Waals surface area contributed by atoms with Gasteiger partial charge in [-0.15, -0.1) is 0 Å². The highest BCUT2D eigenvalue weighted by molar-refractivity contribution is 7.91. The molecule has 0 aliphatic rings. The van der Waals surface area contributed by atoms with E-state index in [0.717, 1.165) is 12.8 Å². The molecule has 0 atom stereocenters. The van der Waals surface area contributed by atoms with Crippen LogP contribution in [0.2, 0.25) is 0 Å². The molecular formula is C14H19NO5S. The number of amides is 1. The number of sulfone groups is 1. The molecule has 0 aliphatic heterocycles. The molecule has 6 nitrogen and oxygen atoms in total. The average molecular weight is 313 g/mol. The SMILES string of the molecule is CCCCNC(=O)CS(=O)(=O)Cc1ccc(C(=O)O)cc1. The van der Waals surface area contributed by atoms with E-state index in [9.17, 15) is 18.0 Å². The minimum absolute atomic E-state index is 0.0912. The molecule has 21 heavy (non-hydrogen) atoms. The van der Waals surface area contributed by atoms with E-state index >= 15 is 0 Å². The molecule has 0 aromatic heterocycles. The van der Waals surface area contributed by atoms with E-state index in [1.165, 1.54) is 24.3 Å². The molecule has 0 saturated heterocycles. The molecule has 0 heterocycles. The standard InChI is InChI=1S/C14H19NO5S/c1-2-3-8-15-13(16)10-21(19,20)9-11-4-6-12(7-5-11)14(17)18/h4-7H,2-3,8-10H2,1H3,(H,15,16)(H,17,18). The summed E-state index contributed by atoms with van der Waals surface area (Å²) in [5, 5.41) is 11.3. The molecule has 7 heteroatoms. The van der Waals surface area contributed by atoms with E-state index in [2.05, 4.69) is 5.32 Å². The lowest BCUT2D eigenvalue weighted by Gasteiger charge is -2.06. The van der Waals surface area contributed by atoms with Crippen molar-refractivity contribution in [2.75, 3.05) is 12.3 Å². The number of nitrogens with one attached hydrogen (secondary N) is 1. The zero-order valence-electron chi connectivity index (χ0n) is 11.8. The summed E-state index contributed by atoms with van der Waals surface area (Å²) in [6.07, 6.45) is 1.73. The van der Waals surface area contributed by atoms with Crippen molar-refractivity contribution in [2.45, 2.75) is 25.5 Å². The smallest absolute Gasteiger partial charge is 0.335 e. The number of carbonyl (C=O) groups is 2. The first kappa shape index (κ1) is 17.2. The number of unbranched alkanes of at least 4 members (excludes halogenated alkanes) is 1. The Bertz CT molecular complexity index is 592. The molecule has 0 fully saturated rings. The molecule has 1 aromatic carbocycles. The van der Waals surface area contributed by atoms with Gasteiger partial charge in [-0.3, -0.25) is 4.79 Å². The van der Waals surface area contributed by atoms with Crippen molar-refractivity contribution in [1.82, 2.24) is 5.32 Å². The number of benzene rings is 1. The second-order valence-corrected chi connectivity index (χ2v) is 6.80. The molecule has 116 valence electrons. The molecule has 1 rings (SSSR count). The number of carboxylic acid groups (broad SMARTS) is 1. The van der Waals surface area contributed by atoms with E-state index in [1.807, 2.05) is 6.92 Å². The summed E-state index contributed by atoms with van der Waals surface area (Å²) in [5.41, 5.74) is 0.551. The third-order valence-electron chi connectivity index (χ3n) is 2.79. The largest absolute Gasteiger partial charge is 0.478 e. The number of hydrogen-bond acceptors (Lipinski definition) is 4. The Morgan fingerprint density at radius 3 is 2.33 bits per heavy atom. The van der Waals surface area contributed by atoms with Gasteiger partial charge in [-0.1, -0.05) is 25.5 Å². The monoisotopic (exact) mass is 313 g/mol. The van der Waals surface area contributed by atoms with Gasteiger partial charge in [0.2, 0.25) is 5.91 Å². The average Bonchev–Trinajstić information content (AvgIpc) is 2.38. The lowest BCUT2D eigenvalue weighted by Crippen LogP contribution is -2.31. The summed E-state index contributed by atoms with van der Waals surface area (Å²) in [4.78, 5) is 22.2. The van der Waals surface area contributed by atoms with Gasteiger partial charge in [0.05, 0.1) is 11.3 Å². The van der Waals surface area contributed by atoms with Crippen LogP contribution in [0.1, 0.15) is 35.7 Å². The van der Waals surface area contributed by atoms with E-state index in [4.69, 9.17) is 5.11 Å². The minimum atomic E-state index is -3.56. The number of hydrogen-bond donors (Lipinski definition) is 2. The predicted octanol–water partition coefficient (Wildman–Crippen LogP) is 1.22. The summed E-state index contributed by atoms with van der Waals surface area (Å²) in [6.45, 7) is 2.45. The molecule has 1 aromatic rings. The Hall–Kier alpha value is -1.89. The second-order valence-electron chi connectivity index (χ2n) is 4.74. The highest BCUT2D eigenvalue weighted by Gasteiger charge is 2.17. The van der Waals surface area contributed by atoms with Gasteiger partial charge in [0.15, 0.2) is 9.84 Å². The molecule has 0 spiro atoms. The number of carboxylic acids is 1. The maximum atomic E-state index is 11.9. The summed E-state index contributed by atoms with van der Waals surface area (Å²) in [7, 11) is -3.56. The topological polar surface area (TPSA) is 101 Å². The Balaban J connectivity index is 2.59. The lowest BCUT2D eigenvalue weighted by molar-refractivity contribution is -0.118. The predicted molar refractivity (Wildman–Crippen MR) is 78.8 cm³/mol. The molecular weight excluding hydrogens is 294 g/mol. The maximum absolute atomic E-state index is 11.9. The quantitative estimate of drug-likeness (QED) is 0.703. The summed E-state index contributed by atoms with van der Waals surface area (Å²) < 4.78 is 23.8. The molecule has 1 amide bonds. The Kier molecular flexibility index (Phi) is 6.36. The van der Waals surface area contributed by atoms with Crippen molar-refractivity contribution in [2.24, 2.45) is 0 Å². The van der Waals surface area contributed by atoms with E-state index in [-0.39, 0.29) is 11.3 Å². The number of carbonyl (C=O) groups excluding carboxylic acids is 1. The van der Waals surface area contributed by atoms with Crippen LogP contribution >= 0.6 is 0 Å². The fourth-order valence-electron chi connectivity index (χ4n) is 1.70. The second kappa shape index (κ2) is 7.78. The summed E-state index contributed by atoms with van der Waals surface area (Å²) in [5.74, 6) is -2.42. The highest BCUT2D eigenvalue weighted by atomic mass is 32.2. The van der Waals surface area contributed by atoms with E-state index in [0.29, 0.717) is 12.1 Å². The maximum Gasteiger partial charge on any atom is 0.335 e. The Morgan fingerprint density at radius 2 is 1.81 bits per heavy atom. The first-order chi connectivity index (χ1) is 9.84. The highest BCUT2D eigenvalue weighted by Crippen LogP contribution is 2.09. The normalized spacial score (nSPS) is 11.1. The van der Waals surface area contributed by atoms with Crippen LogP contribution in [0, 0.1) is 0 Å². The molecule has 2 N–H and O–H groups in total. The first-order valence-electron chi connectivity index (χ1n) is 6.63. The van der Waals surface area contributed by atoms with Crippen molar-refractivity contribution in [3.05, 3.63) is 35.4 Å². The van der Waals surface area contributed by atoms with Crippen LogP contribution in [0.5, 0.6) is 0 Å². The van der Waals surface area contributed by atoms with Gasteiger partial charge >= 0.3 is 5.97 Å². The zero-order chi connectivity index (χ0) is 15.9. The minimum Gasteiger partial charge on any atom is -0.478 e. The van der Waals surface area contributed by atoms with Crippen LogP contribution in [0.15, 0.2) is 24.3 Å². The van der Waals surface area contributed by atoms with Crippen LogP contribution in [0.4, 0.5) is 0 Å². The van der Waals surface area contributed by atoms with E-state index < -0.39 is 27.5 Å². The van der Waals surface area contributed by atoms with Crippen molar-refractivity contribution >= 4 is 21.7 Å². The van der Waals surface area contributed by atoms with Crippen LogP contribution in [-0.2, 0) is 20.4 Å². The summed E-state index contributed by atoms with van der Waals surface area (Å²) in [6, 6.07) is 5.56. The van der Waals surface area contributed by atoms with Crippen molar-refractivity contribution in [1.29, 1.82) is 0 Å². The third kappa shape index (κ3) is 6.40. The van der Waals surface area contributed by atoms with Gasteiger partial charge < -0.3 is 10.4 Å². The van der Waals surface area contributed by atoms with Crippen LogP contribution in [0.3, 0.4) is 0 Å². The fraction of sp³-hybridized carbons (Fsp3) is 0.429. The van der Waals surface area contributed by atoms with Crippen molar-refractivity contribution in [3.8, 4) is 0 Å². The van der Waals surface area contributed by atoms with Gasteiger partial charge in [-0.05, 0) is 24.1 Å². The van der Waals surface area contributed by atoms with Gasteiger partial charge in [-0.2, -0.15) is 0 Å². The third-order valence-corrected chi connectivity index (χ3v) is 4.27. The zero-order valence-corrected chi connectivity index (χ0v) is 12.6. The first-order valence-corrected chi connectivity index (χ1v) is 8.45. The Labute approximate surface area is 124 Å². The van der Waals surface area contributed by atoms with Crippen molar-refractivity contribution in [3.63, 3.8) is 0 Å². The molecule has 0 unspecified atom stereocenters. The van der Waals surface area contributed by atoms with E-state index in [1.54, 1.807) is 0 Å². The Morgan fingerprint density at radius 1 is 1.19 bits per heavy atom. The van der Waals surface area contributed by atoms with Crippen molar-refractivity contribution < 1.29 is 23.1 Å². The lowest BCUT2D eigenvalue weighted by atomic mass is 10.1.